The van der Waals surface area contributed by atoms with Crippen LogP contribution in [0.2, 0.25) is 0 Å². The number of carbonyl (C=O) groups excluding carboxylic acids is 1. The number of aryl methyl sites for hydroxylation is 2. The molecule has 5 rings (SSSR count). The Hall–Kier alpha value is -3.17. The number of hydrogen-bond donors (Lipinski definition) is 1. The van der Waals surface area contributed by atoms with E-state index in [1.807, 2.05) is 0 Å². The highest BCUT2D eigenvalue weighted by atomic mass is 16.1. The Balaban J connectivity index is 1.30. The number of amides is 1. The molecule has 1 amide bonds. The van der Waals surface area contributed by atoms with Crippen LogP contribution in [0.25, 0.3) is 16.7 Å². The Kier molecular flexibility index (Phi) is 7.38. The molecule has 1 aliphatic heterocycles. The van der Waals surface area contributed by atoms with Crippen LogP contribution < -0.4 is 5.32 Å². The largest absolute Gasteiger partial charge is 0.322 e. The minimum Gasteiger partial charge on any atom is -0.322 e. The molecule has 0 unspecified atom stereocenters. The third-order valence-electron chi connectivity index (χ3n) is 8.21. The van der Waals surface area contributed by atoms with Gasteiger partial charge in [0.1, 0.15) is 6.54 Å². The van der Waals surface area contributed by atoms with E-state index in [0.29, 0.717) is 0 Å². The van der Waals surface area contributed by atoms with Gasteiger partial charge in [0.05, 0.1) is 19.6 Å². The SMILES string of the molecule is CC[N+]1(Cc2ccc(NC(=O)C3=CCCc4ccc(-c5ccc(C)cc5)cc43)cc2)CCCCCC1. The van der Waals surface area contributed by atoms with Crippen LogP contribution in [0, 0.1) is 6.92 Å². The Morgan fingerprint density at radius 1 is 0.861 bits per heavy atom. The number of nitrogens with zero attached hydrogens (tertiary/aromatic N) is 1. The molecule has 36 heavy (non-hydrogen) atoms. The molecule has 2 aliphatic rings. The fraction of sp³-hybridized carbons (Fsp3) is 0.364. The molecule has 1 saturated heterocycles. The standard InChI is InChI=1S/C33H38N2O/c1-3-35(21-6-4-5-7-22-35)24-26-13-19-30(20-14-26)34-33(36)31-10-8-9-28-17-18-29(23-32(28)31)27-15-11-25(2)12-16-27/h10-20,23H,3-9,21-22,24H2,1-2H3/p+1. The lowest BCUT2D eigenvalue weighted by Crippen LogP contribution is -2.47. The number of anilines is 1. The molecule has 1 aliphatic carbocycles. The predicted molar refractivity (Wildman–Crippen MR) is 151 cm³/mol. The second-order valence-electron chi connectivity index (χ2n) is 10.7. The van der Waals surface area contributed by atoms with E-state index in [1.54, 1.807) is 0 Å². The van der Waals surface area contributed by atoms with E-state index in [1.165, 1.54) is 72.1 Å². The first-order valence-corrected chi connectivity index (χ1v) is 13.7. The third-order valence-corrected chi connectivity index (χ3v) is 8.21. The number of hydrogen-bond acceptors (Lipinski definition) is 1. The average molecular weight is 480 g/mol. The van der Waals surface area contributed by atoms with Crippen molar-refractivity contribution in [3.8, 4) is 11.1 Å². The first-order valence-electron chi connectivity index (χ1n) is 13.7. The molecule has 186 valence electrons. The summed E-state index contributed by atoms with van der Waals surface area (Å²) in [6.45, 7) is 9.29. The van der Waals surface area contributed by atoms with E-state index < -0.39 is 0 Å². The van der Waals surface area contributed by atoms with Gasteiger partial charge >= 0.3 is 0 Å². The quantitative estimate of drug-likeness (QED) is 0.364. The van der Waals surface area contributed by atoms with E-state index in [0.717, 1.165) is 41.8 Å². The van der Waals surface area contributed by atoms with Gasteiger partial charge in [-0.15, -0.1) is 0 Å². The molecule has 3 aromatic carbocycles. The van der Waals surface area contributed by atoms with Gasteiger partial charge in [0.2, 0.25) is 0 Å². The van der Waals surface area contributed by atoms with E-state index >= 15 is 0 Å². The molecule has 1 heterocycles. The fourth-order valence-corrected chi connectivity index (χ4v) is 5.89. The molecule has 3 aromatic rings. The molecule has 0 atom stereocenters. The predicted octanol–water partition coefficient (Wildman–Crippen LogP) is 7.54. The summed E-state index contributed by atoms with van der Waals surface area (Å²) >= 11 is 0. The minimum atomic E-state index is -0.0191. The number of allylic oxidation sites excluding steroid dienone is 1. The van der Waals surface area contributed by atoms with Crippen molar-refractivity contribution in [2.24, 2.45) is 0 Å². The number of benzene rings is 3. The van der Waals surface area contributed by atoms with E-state index in [4.69, 9.17) is 0 Å². The zero-order valence-corrected chi connectivity index (χ0v) is 21.9. The maximum Gasteiger partial charge on any atom is 0.255 e. The van der Waals surface area contributed by atoms with Gasteiger partial charge in [-0.3, -0.25) is 4.79 Å². The number of carbonyl (C=O) groups is 1. The Morgan fingerprint density at radius 2 is 1.56 bits per heavy atom. The lowest BCUT2D eigenvalue weighted by molar-refractivity contribution is -0.938. The van der Waals surface area contributed by atoms with E-state index in [9.17, 15) is 4.79 Å². The molecule has 0 spiro atoms. The first-order chi connectivity index (χ1) is 17.5. The Labute approximate surface area is 216 Å². The summed E-state index contributed by atoms with van der Waals surface area (Å²) in [6, 6.07) is 23.7. The zero-order valence-electron chi connectivity index (χ0n) is 21.9. The molecule has 1 fully saturated rings. The molecule has 0 radical (unpaired) electrons. The number of nitrogens with one attached hydrogen (secondary N) is 1. The summed E-state index contributed by atoms with van der Waals surface area (Å²) in [5, 5.41) is 3.17. The fourth-order valence-electron chi connectivity index (χ4n) is 5.89. The molecule has 0 aromatic heterocycles. The molecular weight excluding hydrogens is 440 g/mol. The first kappa shape index (κ1) is 24.5. The van der Waals surface area contributed by atoms with Gasteiger partial charge in [0.15, 0.2) is 0 Å². The summed E-state index contributed by atoms with van der Waals surface area (Å²) in [6.07, 6.45) is 9.39. The lowest BCUT2D eigenvalue weighted by atomic mass is 9.87. The lowest BCUT2D eigenvalue weighted by Gasteiger charge is -2.37. The number of fused-ring (bicyclic) bond motifs is 1. The zero-order chi connectivity index (χ0) is 25.0. The van der Waals surface area contributed by atoms with Gasteiger partial charge in [0.25, 0.3) is 5.91 Å². The van der Waals surface area contributed by atoms with Gasteiger partial charge in [-0.25, -0.2) is 0 Å². The van der Waals surface area contributed by atoms with Crippen molar-refractivity contribution in [1.29, 1.82) is 0 Å². The van der Waals surface area contributed by atoms with Crippen molar-refractivity contribution in [2.75, 3.05) is 25.0 Å². The van der Waals surface area contributed by atoms with Crippen LogP contribution in [0.1, 0.15) is 61.3 Å². The highest BCUT2D eigenvalue weighted by Gasteiger charge is 2.27. The molecule has 0 saturated carbocycles. The molecule has 0 bridgehead atoms. The summed E-state index contributed by atoms with van der Waals surface area (Å²) in [5.41, 5.74) is 8.91. The normalized spacial score (nSPS) is 17.0. The van der Waals surface area contributed by atoms with Gasteiger partial charge in [-0.2, -0.15) is 0 Å². The number of likely N-dealkylation sites (tertiary alicyclic amines) is 1. The Bertz CT molecular complexity index is 1230. The van der Waals surface area contributed by atoms with Crippen molar-refractivity contribution < 1.29 is 9.28 Å². The maximum absolute atomic E-state index is 13.4. The van der Waals surface area contributed by atoms with Crippen LogP contribution in [0.5, 0.6) is 0 Å². The number of quaternary nitrogens is 1. The third kappa shape index (κ3) is 5.47. The van der Waals surface area contributed by atoms with Crippen molar-refractivity contribution >= 4 is 17.2 Å². The monoisotopic (exact) mass is 479 g/mol. The smallest absolute Gasteiger partial charge is 0.255 e. The summed E-state index contributed by atoms with van der Waals surface area (Å²) in [7, 11) is 0. The van der Waals surface area contributed by atoms with Crippen LogP contribution in [0.4, 0.5) is 5.69 Å². The Morgan fingerprint density at radius 3 is 2.25 bits per heavy atom. The van der Waals surface area contributed by atoms with Gasteiger partial charge in [-0.1, -0.05) is 60.2 Å². The van der Waals surface area contributed by atoms with E-state index in [2.05, 4.69) is 92.0 Å². The van der Waals surface area contributed by atoms with Gasteiger partial charge in [-0.05, 0) is 92.8 Å². The van der Waals surface area contributed by atoms with Crippen LogP contribution in [-0.2, 0) is 17.8 Å². The molecule has 3 heteroatoms. The molecular formula is C33H39N2O+. The maximum atomic E-state index is 13.4. The van der Waals surface area contributed by atoms with Gasteiger partial charge in [0, 0.05) is 16.8 Å². The van der Waals surface area contributed by atoms with Crippen molar-refractivity contribution in [2.45, 2.75) is 58.9 Å². The van der Waals surface area contributed by atoms with Crippen LogP contribution in [-0.4, -0.2) is 30.0 Å². The summed E-state index contributed by atoms with van der Waals surface area (Å²) in [4.78, 5) is 13.4. The van der Waals surface area contributed by atoms with Crippen molar-refractivity contribution in [1.82, 2.24) is 0 Å². The highest BCUT2D eigenvalue weighted by Crippen LogP contribution is 2.32. The van der Waals surface area contributed by atoms with Gasteiger partial charge < -0.3 is 9.80 Å². The molecule has 1 N–H and O–H groups in total. The van der Waals surface area contributed by atoms with E-state index in [-0.39, 0.29) is 5.91 Å². The van der Waals surface area contributed by atoms with Crippen LogP contribution in [0.15, 0.2) is 72.8 Å². The second-order valence-corrected chi connectivity index (χ2v) is 10.7. The topological polar surface area (TPSA) is 29.1 Å². The van der Waals surface area contributed by atoms with Crippen molar-refractivity contribution in [3.05, 3.63) is 95.1 Å². The summed E-state index contributed by atoms with van der Waals surface area (Å²) in [5.74, 6) is -0.0191. The average Bonchev–Trinajstić information content (AvgIpc) is 3.15. The van der Waals surface area contributed by atoms with Crippen molar-refractivity contribution in [3.63, 3.8) is 0 Å². The molecule has 3 nitrogen and oxygen atoms in total. The highest BCUT2D eigenvalue weighted by molar-refractivity contribution is 6.26. The second kappa shape index (κ2) is 10.8. The van der Waals surface area contributed by atoms with Crippen LogP contribution >= 0.6 is 0 Å². The number of rotatable bonds is 6. The summed E-state index contributed by atoms with van der Waals surface area (Å²) < 4.78 is 1.19. The minimum absolute atomic E-state index is 0.0191. The van der Waals surface area contributed by atoms with Crippen LogP contribution in [0.3, 0.4) is 0 Å².